The van der Waals surface area contributed by atoms with E-state index in [4.69, 9.17) is 0 Å². The quantitative estimate of drug-likeness (QED) is 0.414. The van der Waals surface area contributed by atoms with Crippen molar-refractivity contribution in [3.05, 3.63) is 47.8 Å². The second kappa shape index (κ2) is 10.5. The van der Waals surface area contributed by atoms with Gasteiger partial charge in [-0.25, -0.2) is 0 Å². The zero-order chi connectivity index (χ0) is 27.0. The molecule has 0 saturated heterocycles. The van der Waals surface area contributed by atoms with Crippen LogP contribution in [0.15, 0.2) is 36.5 Å². The van der Waals surface area contributed by atoms with Gasteiger partial charge < -0.3 is 16.0 Å². The SMILES string of the molecule is C[C@@H](NC(=O)C(C)(C)c1ccc(NC(=O)[C@@H](NC(=O)c2ccnn2C)C(C2CC2)C2CC2)cc1)C1CCC1. The molecule has 1 aromatic heterocycles. The summed E-state index contributed by atoms with van der Waals surface area (Å²) in [5.74, 6) is 1.23. The van der Waals surface area contributed by atoms with Crippen molar-refractivity contribution in [2.45, 2.75) is 83.2 Å². The Kier molecular flexibility index (Phi) is 7.34. The fourth-order valence-electron chi connectivity index (χ4n) is 5.81. The molecule has 1 heterocycles. The van der Waals surface area contributed by atoms with Crippen LogP contribution in [0.25, 0.3) is 0 Å². The van der Waals surface area contributed by atoms with Crippen molar-refractivity contribution < 1.29 is 14.4 Å². The molecule has 3 N–H and O–H groups in total. The molecule has 3 fully saturated rings. The molecule has 204 valence electrons. The van der Waals surface area contributed by atoms with E-state index in [2.05, 4.69) is 28.0 Å². The van der Waals surface area contributed by atoms with Gasteiger partial charge in [-0.1, -0.05) is 18.6 Å². The molecule has 8 heteroatoms. The summed E-state index contributed by atoms with van der Waals surface area (Å²) in [5.41, 5.74) is 1.29. The number of benzene rings is 1. The Morgan fingerprint density at radius 2 is 1.55 bits per heavy atom. The van der Waals surface area contributed by atoms with Crippen LogP contribution in [0.5, 0.6) is 0 Å². The van der Waals surface area contributed by atoms with Crippen molar-refractivity contribution in [1.29, 1.82) is 0 Å². The first-order valence-electron chi connectivity index (χ1n) is 14.2. The number of hydrogen-bond acceptors (Lipinski definition) is 4. The fourth-order valence-corrected chi connectivity index (χ4v) is 5.81. The van der Waals surface area contributed by atoms with E-state index in [1.54, 1.807) is 19.3 Å². The van der Waals surface area contributed by atoms with Crippen molar-refractivity contribution in [2.24, 2.45) is 30.7 Å². The number of carbonyl (C=O) groups is 3. The van der Waals surface area contributed by atoms with E-state index in [0.717, 1.165) is 31.2 Å². The van der Waals surface area contributed by atoms with E-state index < -0.39 is 11.5 Å². The zero-order valence-corrected chi connectivity index (χ0v) is 23.0. The van der Waals surface area contributed by atoms with E-state index >= 15 is 0 Å². The molecule has 1 aromatic carbocycles. The molecule has 38 heavy (non-hydrogen) atoms. The molecule has 2 aromatic rings. The minimum absolute atomic E-state index is 0.0170. The summed E-state index contributed by atoms with van der Waals surface area (Å²) in [6.45, 7) is 5.96. The first-order chi connectivity index (χ1) is 18.1. The molecule has 3 aliphatic carbocycles. The summed E-state index contributed by atoms with van der Waals surface area (Å²) in [4.78, 5) is 39.7. The van der Waals surface area contributed by atoms with E-state index in [1.807, 2.05) is 38.1 Å². The maximum Gasteiger partial charge on any atom is 0.270 e. The molecule has 0 aliphatic heterocycles. The highest BCUT2D eigenvalue weighted by Gasteiger charge is 2.48. The second-order valence-electron chi connectivity index (χ2n) is 12.2. The number of rotatable bonds is 11. The van der Waals surface area contributed by atoms with E-state index in [1.165, 1.54) is 23.9 Å². The van der Waals surface area contributed by atoms with Gasteiger partial charge in [-0.3, -0.25) is 19.1 Å². The summed E-state index contributed by atoms with van der Waals surface area (Å²) in [6, 6.07) is 8.75. The van der Waals surface area contributed by atoms with Crippen molar-refractivity contribution in [3.8, 4) is 0 Å². The van der Waals surface area contributed by atoms with Gasteiger partial charge >= 0.3 is 0 Å². The number of aromatic nitrogens is 2. The van der Waals surface area contributed by atoms with Gasteiger partial charge in [0, 0.05) is 25.0 Å². The van der Waals surface area contributed by atoms with Crippen LogP contribution in [-0.4, -0.2) is 39.6 Å². The summed E-state index contributed by atoms with van der Waals surface area (Å²) < 4.78 is 1.52. The topological polar surface area (TPSA) is 105 Å². The Hall–Kier alpha value is -3.16. The van der Waals surface area contributed by atoms with Crippen LogP contribution in [0.4, 0.5) is 5.69 Å². The van der Waals surface area contributed by atoms with Crippen LogP contribution in [0.3, 0.4) is 0 Å². The number of carbonyl (C=O) groups excluding carboxylic acids is 3. The lowest BCUT2D eigenvalue weighted by molar-refractivity contribution is -0.127. The van der Waals surface area contributed by atoms with Gasteiger partial charge in [0.2, 0.25) is 11.8 Å². The molecule has 8 nitrogen and oxygen atoms in total. The largest absolute Gasteiger partial charge is 0.353 e. The molecule has 0 spiro atoms. The van der Waals surface area contributed by atoms with Crippen LogP contribution < -0.4 is 16.0 Å². The van der Waals surface area contributed by atoms with Crippen LogP contribution >= 0.6 is 0 Å². The predicted molar refractivity (Wildman–Crippen MR) is 146 cm³/mol. The van der Waals surface area contributed by atoms with Crippen LogP contribution in [0.2, 0.25) is 0 Å². The average Bonchev–Trinajstić information content (AvgIpc) is 3.78. The third-order valence-electron chi connectivity index (χ3n) is 9.00. The van der Waals surface area contributed by atoms with Gasteiger partial charge in [0.25, 0.3) is 5.91 Å². The third-order valence-corrected chi connectivity index (χ3v) is 9.00. The number of anilines is 1. The molecule has 3 saturated carbocycles. The van der Waals surface area contributed by atoms with Crippen molar-refractivity contribution in [2.75, 3.05) is 5.32 Å². The lowest BCUT2D eigenvalue weighted by Crippen LogP contribution is -2.50. The summed E-state index contributed by atoms with van der Waals surface area (Å²) in [6.07, 6.45) is 9.63. The third kappa shape index (κ3) is 5.64. The van der Waals surface area contributed by atoms with E-state index in [-0.39, 0.29) is 29.7 Å². The smallest absolute Gasteiger partial charge is 0.270 e. The number of nitrogens with zero attached hydrogens (tertiary/aromatic N) is 2. The lowest BCUT2D eigenvalue weighted by Gasteiger charge is -2.34. The molecule has 3 aliphatic rings. The van der Waals surface area contributed by atoms with Crippen molar-refractivity contribution in [1.82, 2.24) is 20.4 Å². The van der Waals surface area contributed by atoms with Crippen LogP contribution in [-0.2, 0) is 22.1 Å². The highest BCUT2D eigenvalue weighted by atomic mass is 16.2. The van der Waals surface area contributed by atoms with Crippen LogP contribution in [0.1, 0.15) is 81.8 Å². The Labute approximate surface area is 225 Å². The molecule has 2 atom stereocenters. The molecule has 0 bridgehead atoms. The van der Waals surface area contributed by atoms with Crippen LogP contribution in [0, 0.1) is 23.7 Å². The molecular formula is C30H41N5O3. The summed E-state index contributed by atoms with van der Waals surface area (Å²) in [7, 11) is 1.72. The zero-order valence-electron chi connectivity index (χ0n) is 23.0. The Bertz CT molecular complexity index is 1160. The molecule has 3 amide bonds. The summed E-state index contributed by atoms with van der Waals surface area (Å²) >= 11 is 0. The molecule has 0 unspecified atom stereocenters. The second-order valence-corrected chi connectivity index (χ2v) is 12.2. The van der Waals surface area contributed by atoms with Crippen molar-refractivity contribution >= 4 is 23.4 Å². The Morgan fingerprint density at radius 3 is 2.05 bits per heavy atom. The summed E-state index contributed by atoms with van der Waals surface area (Å²) in [5, 5.41) is 13.4. The standard InChI is InChI=1S/C30H41N5O3/c1-18(19-6-5-7-19)32-29(38)30(2,3)22-12-14-23(15-13-22)33-28(37)26(25(20-8-9-20)21-10-11-21)34-27(36)24-16-17-31-35(24)4/h12-21,25-26H,5-11H2,1-4H3,(H,32,38)(H,33,37)(H,34,36)/t18-,26+/m1/s1. The number of amides is 3. The maximum absolute atomic E-state index is 13.6. The number of hydrogen-bond donors (Lipinski definition) is 3. The maximum atomic E-state index is 13.6. The highest BCUT2D eigenvalue weighted by molar-refractivity contribution is 6.00. The first-order valence-corrected chi connectivity index (χ1v) is 14.2. The average molecular weight is 520 g/mol. The number of nitrogens with one attached hydrogen (secondary N) is 3. The van der Waals surface area contributed by atoms with Gasteiger partial charge in [-0.15, -0.1) is 0 Å². The Balaban J connectivity index is 1.27. The van der Waals surface area contributed by atoms with Gasteiger partial charge in [0.15, 0.2) is 0 Å². The highest BCUT2D eigenvalue weighted by Crippen LogP contribution is 2.51. The van der Waals surface area contributed by atoms with Gasteiger partial charge in [-0.2, -0.15) is 5.10 Å². The molecular weight excluding hydrogens is 478 g/mol. The minimum Gasteiger partial charge on any atom is -0.353 e. The molecule has 0 radical (unpaired) electrons. The Morgan fingerprint density at radius 1 is 0.921 bits per heavy atom. The van der Waals surface area contributed by atoms with Gasteiger partial charge in [0.1, 0.15) is 11.7 Å². The number of aryl methyl sites for hydroxylation is 1. The fraction of sp³-hybridized carbons (Fsp3) is 0.600. The first kappa shape index (κ1) is 26.4. The minimum atomic E-state index is -0.691. The normalized spacial score (nSPS) is 19.4. The molecule has 5 rings (SSSR count). The predicted octanol–water partition coefficient (Wildman–Crippen LogP) is 4.18. The monoisotopic (exact) mass is 519 g/mol. The van der Waals surface area contributed by atoms with Gasteiger partial charge in [0.05, 0.1) is 5.41 Å². The van der Waals surface area contributed by atoms with E-state index in [0.29, 0.717) is 29.1 Å². The van der Waals surface area contributed by atoms with Gasteiger partial charge in [-0.05, 0) is 107 Å². The lowest BCUT2D eigenvalue weighted by atomic mass is 9.79. The van der Waals surface area contributed by atoms with E-state index in [9.17, 15) is 14.4 Å². The van der Waals surface area contributed by atoms with Crippen molar-refractivity contribution in [3.63, 3.8) is 0 Å².